The summed E-state index contributed by atoms with van der Waals surface area (Å²) in [5.74, 6) is -0.0162. The molecule has 8 heteroatoms. The summed E-state index contributed by atoms with van der Waals surface area (Å²) in [5.41, 5.74) is 11.8. The van der Waals surface area contributed by atoms with E-state index in [4.69, 9.17) is 31.4 Å². The van der Waals surface area contributed by atoms with Crippen LogP contribution in [0.5, 0.6) is 0 Å². The fourth-order valence-electron chi connectivity index (χ4n) is 4.89. The molecule has 1 amide bonds. The number of halogens is 1. The lowest BCUT2D eigenvalue weighted by Gasteiger charge is -2.32. The van der Waals surface area contributed by atoms with Gasteiger partial charge >= 0.3 is 13.2 Å². The summed E-state index contributed by atoms with van der Waals surface area (Å²) in [7, 11) is -0.674. The van der Waals surface area contributed by atoms with Crippen LogP contribution in [-0.2, 0) is 14.0 Å². The van der Waals surface area contributed by atoms with Crippen molar-refractivity contribution in [3.63, 3.8) is 0 Å². The highest BCUT2D eigenvalue weighted by atomic mass is 35.5. The van der Waals surface area contributed by atoms with Gasteiger partial charge in [0.2, 0.25) is 0 Å². The number of carbonyl (C=O) groups excluding carboxylic acids is 1. The minimum Gasteiger partial charge on any atom is -0.449 e. The maximum absolute atomic E-state index is 12.9. The first-order valence-electron chi connectivity index (χ1n) is 12.8. The van der Waals surface area contributed by atoms with Crippen molar-refractivity contribution < 1.29 is 18.8 Å². The average molecular weight is 531 g/mol. The first-order valence-corrected chi connectivity index (χ1v) is 13.1. The van der Waals surface area contributed by atoms with Gasteiger partial charge in [0.1, 0.15) is 6.61 Å². The van der Waals surface area contributed by atoms with E-state index in [1.54, 1.807) is 18.2 Å². The van der Waals surface area contributed by atoms with Crippen LogP contribution in [0.2, 0.25) is 5.02 Å². The Morgan fingerprint density at radius 1 is 1.00 bits per heavy atom. The van der Waals surface area contributed by atoms with Crippen LogP contribution in [0.4, 0.5) is 10.5 Å². The maximum Gasteiger partial charge on any atom is 0.492 e. The second kappa shape index (κ2) is 10.1. The molecule has 0 radical (unpaired) electrons. The van der Waals surface area contributed by atoms with Gasteiger partial charge in [-0.3, -0.25) is 0 Å². The van der Waals surface area contributed by atoms with Crippen LogP contribution in [-0.4, -0.2) is 37.6 Å². The smallest absolute Gasteiger partial charge is 0.449 e. The monoisotopic (exact) mass is 530 g/mol. The van der Waals surface area contributed by atoms with Crippen LogP contribution in [0.15, 0.2) is 72.2 Å². The van der Waals surface area contributed by atoms with Crippen LogP contribution in [0.1, 0.15) is 50.3 Å². The molecular formula is C30H32BClN2O4. The van der Waals surface area contributed by atoms with Gasteiger partial charge in [-0.1, -0.05) is 66.2 Å². The van der Waals surface area contributed by atoms with E-state index in [2.05, 4.69) is 29.6 Å². The summed E-state index contributed by atoms with van der Waals surface area (Å²) < 4.78 is 18.3. The summed E-state index contributed by atoms with van der Waals surface area (Å²) in [6.07, 6.45) is 1.33. The number of rotatable bonds is 6. The zero-order valence-electron chi connectivity index (χ0n) is 22.1. The third-order valence-electron chi connectivity index (χ3n) is 7.73. The van der Waals surface area contributed by atoms with E-state index < -0.39 is 24.4 Å². The van der Waals surface area contributed by atoms with Gasteiger partial charge < -0.3 is 25.1 Å². The van der Waals surface area contributed by atoms with E-state index >= 15 is 0 Å². The molecule has 0 unspecified atom stereocenters. The molecule has 1 aliphatic heterocycles. The van der Waals surface area contributed by atoms with Crippen molar-refractivity contribution in [2.45, 2.75) is 44.8 Å². The number of ether oxygens (including phenoxy) is 1. The van der Waals surface area contributed by atoms with Crippen LogP contribution in [0.3, 0.4) is 0 Å². The SMILES string of the molecule is CC1(C)OB(C(=Cc2cc(Cl)ccc2N)CNC(=O)OCC2c3ccccc3-c3ccccc32)OC1(C)C. The Labute approximate surface area is 229 Å². The molecular weight excluding hydrogens is 499 g/mol. The molecule has 3 aromatic carbocycles. The molecule has 5 rings (SSSR count). The average Bonchev–Trinajstić information content (AvgIpc) is 3.31. The predicted octanol–water partition coefficient (Wildman–Crippen LogP) is 6.48. The Morgan fingerprint density at radius 3 is 2.18 bits per heavy atom. The van der Waals surface area contributed by atoms with Gasteiger partial charge in [0, 0.05) is 23.2 Å². The van der Waals surface area contributed by atoms with Gasteiger partial charge in [0.05, 0.1) is 11.2 Å². The van der Waals surface area contributed by atoms with Crippen molar-refractivity contribution in [2.75, 3.05) is 18.9 Å². The van der Waals surface area contributed by atoms with Gasteiger partial charge in [-0.2, -0.15) is 0 Å². The highest BCUT2D eigenvalue weighted by molar-refractivity contribution is 6.56. The van der Waals surface area contributed by atoms with Crippen LogP contribution >= 0.6 is 11.6 Å². The molecule has 0 atom stereocenters. The molecule has 1 aliphatic carbocycles. The Hall–Kier alpha value is -3.26. The molecule has 2 aliphatic rings. The lowest BCUT2D eigenvalue weighted by molar-refractivity contribution is 0.00578. The number of nitrogen functional groups attached to an aromatic ring is 1. The first-order chi connectivity index (χ1) is 18.1. The number of benzene rings is 3. The van der Waals surface area contributed by atoms with Gasteiger partial charge in [-0.15, -0.1) is 0 Å². The predicted molar refractivity (Wildman–Crippen MR) is 153 cm³/mol. The topological polar surface area (TPSA) is 82.8 Å². The molecule has 1 fully saturated rings. The molecule has 3 aromatic rings. The van der Waals surface area contributed by atoms with E-state index in [0.29, 0.717) is 16.2 Å². The first kappa shape index (κ1) is 26.4. The fraction of sp³-hybridized carbons (Fsp3) is 0.300. The number of alkyl carbamates (subject to hydrolysis) is 1. The van der Waals surface area contributed by atoms with Gasteiger partial charge in [-0.05, 0) is 79.2 Å². The van der Waals surface area contributed by atoms with Crippen LogP contribution in [0, 0.1) is 0 Å². The molecule has 38 heavy (non-hydrogen) atoms. The van der Waals surface area contributed by atoms with E-state index in [-0.39, 0.29) is 19.1 Å². The quantitative estimate of drug-likeness (QED) is 0.282. The zero-order chi connectivity index (χ0) is 27.1. The summed E-state index contributed by atoms with van der Waals surface area (Å²) in [4.78, 5) is 12.9. The Bertz CT molecular complexity index is 1340. The number of anilines is 1. The molecule has 1 heterocycles. The van der Waals surface area contributed by atoms with Gasteiger partial charge in [0.25, 0.3) is 0 Å². The molecule has 1 saturated heterocycles. The van der Waals surface area contributed by atoms with Crippen LogP contribution in [0.25, 0.3) is 17.2 Å². The Balaban J connectivity index is 1.31. The largest absolute Gasteiger partial charge is 0.492 e. The highest BCUT2D eigenvalue weighted by Crippen LogP contribution is 2.44. The van der Waals surface area contributed by atoms with Gasteiger partial charge in [-0.25, -0.2) is 4.79 Å². The molecule has 0 spiro atoms. The number of hydrogen-bond donors (Lipinski definition) is 2. The summed E-state index contributed by atoms with van der Waals surface area (Å²) in [6.45, 7) is 8.32. The molecule has 0 saturated carbocycles. The van der Waals surface area contributed by atoms with Crippen molar-refractivity contribution >= 4 is 36.6 Å². The fourth-order valence-corrected chi connectivity index (χ4v) is 5.07. The maximum atomic E-state index is 12.9. The summed E-state index contributed by atoms with van der Waals surface area (Å²) >= 11 is 6.22. The lowest BCUT2D eigenvalue weighted by atomic mass is 9.77. The Morgan fingerprint density at radius 2 is 1.58 bits per heavy atom. The standard InChI is InChI=1S/C30H32BClN2O4/c1-29(2)30(3,4)38-31(37-29)20(15-19-16-21(32)13-14-27(19)33)17-34-28(35)36-18-26-24-11-7-5-9-22(24)23-10-6-8-12-25(23)26/h5-16,26H,17-18,33H2,1-4H3,(H,34,35). The minimum atomic E-state index is -0.674. The number of fused-ring (bicyclic) bond motifs is 3. The number of carbonyl (C=O) groups is 1. The van der Waals surface area contributed by atoms with E-state index in [9.17, 15) is 4.79 Å². The molecule has 6 nitrogen and oxygen atoms in total. The van der Waals surface area contributed by atoms with Crippen molar-refractivity contribution in [2.24, 2.45) is 0 Å². The summed E-state index contributed by atoms with van der Waals surface area (Å²) in [5, 5.41) is 3.44. The van der Waals surface area contributed by atoms with Gasteiger partial charge in [0.15, 0.2) is 0 Å². The second-order valence-corrected chi connectivity index (χ2v) is 11.2. The van der Waals surface area contributed by atoms with E-state index in [1.165, 1.54) is 11.1 Å². The molecule has 196 valence electrons. The van der Waals surface area contributed by atoms with E-state index in [1.807, 2.05) is 58.0 Å². The summed E-state index contributed by atoms with van der Waals surface area (Å²) in [6, 6.07) is 21.7. The Kier molecular flexibility index (Phi) is 7.03. The number of hydrogen-bond acceptors (Lipinski definition) is 5. The van der Waals surface area contributed by atoms with Crippen molar-refractivity contribution in [3.05, 3.63) is 93.9 Å². The van der Waals surface area contributed by atoms with Crippen molar-refractivity contribution in [1.82, 2.24) is 5.32 Å². The number of nitrogens with one attached hydrogen (secondary N) is 1. The van der Waals surface area contributed by atoms with Crippen LogP contribution < -0.4 is 11.1 Å². The lowest BCUT2D eigenvalue weighted by Crippen LogP contribution is -2.41. The molecule has 3 N–H and O–H groups in total. The number of amides is 1. The molecule has 0 aromatic heterocycles. The highest BCUT2D eigenvalue weighted by Gasteiger charge is 2.52. The normalized spacial score (nSPS) is 17.7. The third kappa shape index (κ3) is 5.06. The zero-order valence-corrected chi connectivity index (χ0v) is 22.8. The third-order valence-corrected chi connectivity index (χ3v) is 7.96. The minimum absolute atomic E-state index is 0.0162. The van der Waals surface area contributed by atoms with E-state index in [0.717, 1.165) is 16.7 Å². The second-order valence-electron chi connectivity index (χ2n) is 10.8. The van der Waals surface area contributed by atoms with Crippen molar-refractivity contribution in [3.8, 4) is 11.1 Å². The van der Waals surface area contributed by atoms with Crippen molar-refractivity contribution in [1.29, 1.82) is 0 Å². The number of nitrogens with two attached hydrogens (primary N) is 1. The molecule has 0 bridgehead atoms.